The number of hydrogen-bond donors (Lipinski definition) is 2. The number of amides is 3. The number of aryl methyl sites for hydroxylation is 2. The Morgan fingerprint density at radius 3 is 2.32 bits per heavy atom. The number of nitrogens with zero attached hydrogens (tertiary/aromatic N) is 4. The van der Waals surface area contributed by atoms with E-state index in [1.165, 1.54) is 11.3 Å². The van der Waals surface area contributed by atoms with Gasteiger partial charge in [-0.15, -0.1) is 0 Å². The molecule has 0 aliphatic carbocycles. The Morgan fingerprint density at radius 2 is 1.61 bits per heavy atom. The van der Waals surface area contributed by atoms with E-state index in [1.54, 1.807) is 12.1 Å². The number of pyridine rings is 1. The summed E-state index contributed by atoms with van der Waals surface area (Å²) in [6, 6.07) is 19.2. The maximum atomic E-state index is 13.2. The van der Waals surface area contributed by atoms with Crippen molar-refractivity contribution in [3.63, 3.8) is 0 Å². The Balaban J connectivity index is 1.29. The van der Waals surface area contributed by atoms with E-state index in [0.29, 0.717) is 42.9 Å². The molecule has 2 aliphatic rings. The first-order chi connectivity index (χ1) is 19.9. The minimum Gasteiger partial charge on any atom is -0.368 e. The molecule has 1 aromatic heterocycles. The number of carbonyl (C=O) groups excluding carboxylic acids is 3. The Labute approximate surface area is 241 Å². The molecule has 0 unspecified atom stereocenters. The fourth-order valence-corrected chi connectivity index (χ4v) is 5.53. The molecule has 2 aromatic carbocycles. The van der Waals surface area contributed by atoms with Crippen LogP contribution in [0.25, 0.3) is 0 Å². The van der Waals surface area contributed by atoms with Crippen LogP contribution in [0.1, 0.15) is 51.4 Å². The molecule has 2 aliphatic heterocycles. The summed E-state index contributed by atoms with van der Waals surface area (Å²) in [5, 5.41) is 5.99. The number of aromatic nitrogens is 1. The van der Waals surface area contributed by atoms with Crippen molar-refractivity contribution in [3.8, 4) is 0 Å². The second-order valence-electron chi connectivity index (χ2n) is 10.7. The summed E-state index contributed by atoms with van der Waals surface area (Å²) >= 11 is 0. The molecule has 2 N–H and O–H groups in total. The number of carbonyl (C=O) groups is 3. The summed E-state index contributed by atoms with van der Waals surface area (Å²) in [4.78, 5) is 48.9. The molecule has 0 radical (unpaired) electrons. The summed E-state index contributed by atoms with van der Waals surface area (Å²) in [6.07, 6.45) is 2.22. The van der Waals surface area contributed by atoms with Gasteiger partial charge in [-0.05, 0) is 68.7 Å². The zero-order valence-electron chi connectivity index (χ0n) is 23.9. The van der Waals surface area contributed by atoms with Gasteiger partial charge < -0.3 is 25.3 Å². The van der Waals surface area contributed by atoms with Gasteiger partial charge in [-0.25, -0.2) is 4.98 Å². The van der Waals surface area contributed by atoms with Crippen molar-refractivity contribution in [1.29, 1.82) is 0 Å². The third-order valence-electron chi connectivity index (χ3n) is 7.77. The Bertz CT molecular complexity index is 1420. The third-order valence-corrected chi connectivity index (χ3v) is 7.77. The Kier molecular flexibility index (Phi) is 8.82. The van der Waals surface area contributed by atoms with Crippen LogP contribution in [-0.2, 0) is 4.79 Å². The third kappa shape index (κ3) is 6.85. The van der Waals surface area contributed by atoms with Crippen LogP contribution in [0, 0.1) is 13.8 Å². The number of para-hydroxylation sites is 1. The molecule has 0 saturated carbocycles. The molecular formula is C32H38N6O3. The van der Waals surface area contributed by atoms with Gasteiger partial charge in [-0.2, -0.15) is 0 Å². The van der Waals surface area contributed by atoms with E-state index in [1.807, 2.05) is 36.1 Å². The highest BCUT2D eigenvalue weighted by atomic mass is 16.2. The highest BCUT2D eigenvalue weighted by Crippen LogP contribution is 2.30. The fraction of sp³-hybridized carbons (Fsp3) is 0.375. The molecule has 5 rings (SSSR count). The van der Waals surface area contributed by atoms with E-state index in [2.05, 4.69) is 56.6 Å². The van der Waals surface area contributed by atoms with Gasteiger partial charge in [0.25, 0.3) is 11.8 Å². The van der Waals surface area contributed by atoms with Crippen LogP contribution in [0.5, 0.6) is 0 Å². The van der Waals surface area contributed by atoms with Crippen LogP contribution in [0.3, 0.4) is 0 Å². The molecule has 3 amide bonds. The lowest BCUT2D eigenvalue weighted by Crippen LogP contribution is -2.47. The largest absolute Gasteiger partial charge is 0.368 e. The average Bonchev–Trinajstić information content (AvgIpc) is 3.40. The maximum absolute atomic E-state index is 13.2. The van der Waals surface area contributed by atoms with Crippen LogP contribution in [0.2, 0.25) is 0 Å². The first-order valence-electron chi connectivity index (χ1n) is 14.4. The zero-order chi connectivity index (χ0) is 28.8. The summed E-state index contributed by atoms with van der Waals surface area (Å²) in [6.45, 7) is 9.15. The highest BCUT2D eigenvalue weighted by Gasteiger charge is 2.23. The van der Waals surface area contributed by atoms with Gasteiger partial charge in [-0.1, -0.05) is 24.3 Å². The number of likely N-dealkylation sites (tertiary alicyclic amines) is 1. The minimum atomic E-state index is -0.318. The zero-order valence-corrected chi connectivity index (χ0v) is 23.9. The van der Waals surface area contributed by atoms with Crippen molar-refractivity contribution in [2.75, 3.05) is 60.9 Å². The van der Waals surface area contributed by atoms with Gasteiger partial charge in [0.05, 0.1) is 11.4 Å². The normalized spacial score (nSPS) is 15.3. The van der Waals surface area contributed by atoms with Gasteiger partial charge >= 0.3 is 0 Å². The van der Waals surface area contributed by atoms with E-state index in [0.717, 1.165) is 50.5 Å². The van der Waals surface area contributed by atoms with E-state index in [9.17, 15) is 14.4 Å². The monoisotopic (exact) mass is 554 g/mol. The van der Waals surface area contributed by atoms with Crippen LogP contribution in [0.15, 0.2) is 60.7 Å². The van der Waals surface area contributed by atoms with Crippen LogP contribution in [-0.4, -0.2) is 73.4 Å². The van der Waals surface area contributed by atoms with E-state index in [-0.39, 0.29) is 17.7 Å². The number of nitrogens with one attached hydrogen (secondary N) is 2. The summed E-state index contributed by atoms with van der Waals surface area (Å²) < 4.78 is 0. The molecule has 9 heteroatoms. The topological polar surface area (TPSA) is 97.9 Å². The number of hydrogen-bond acceptors (Lipinski definition) is 6. The smallest absolute Gasteiger partial charge is 0.274 e. The van der Waals surface area contributed by atoms with Crippen molar-refractivity contribution in [1.82, 2.24) is 15.2 Å². The summed E-state index contributed by atoms with van der Waals surface area (Å²) in [5.74, 6) is -0.339. The molecule has 0 spiro atoms. The SMILES string of the molecule is Cc1cccc(C(=O)Nc2cc(C(=O)NCCCN3CCCC3=O)ccc2N2CCN(c3ccccc3C)CC2)n1. The summed E-state index contributed by atoms with van der Waals surface area (Å²) in [7, 11) is 0. The first-order valence-corrected chi connectivity index (χ1v) is 14.4. The fourth-order valence-electron chi connectivity index (χ4n) is 5.53. The predicted molar refractivity (Wildman–Crippen MR) is 162 cm³/mol. The predicted octanol–water partition coefficient (Wildman–Crippen LogP) is 4.02. The van der Waals surface area contributed by atoms with Crippen LogP contribution in [0.4, 0.5) is 17.1 Å². The molecular weight excluding hydrogens is 516 g/mol. The van der Waals surface area contributed by atoms with Crippen molar-refractivity contribution in [3.05, 3.63) is 83.2 Å². The molecule has 3 heterocycles. The highest BCUT2D eigenvalue weighted by molar-refractivity contribution is 6.06. The lowest BCUT2D eigenvalue weighted by Gasteiger charge is -2.38. The Hall–Kier alpha value is -4.40. The van der Waals surface area contributed by atoms with Gasteiger partial charge in [0, 0.05) is 69.2 Å². The Morgan fingerprint density at radius 1 is 0.854 bits per heavy atom. The van der Waals surface area contributed by atoms with Crippen LogP contribution >= 0.6 is 0 Å². The van der Waals surface area contributed by atoms with E-state index < -0.39 is 0 Å². The lowest BCUT2D eigenvalue weighted by molar-refractivity contribution is -0.127. The molecule has 2 fully saturated rings. The number of rotatable bonds is 9. The number of benzene rings is 2. The second-order valence-corrected chi connectivity index (χ2v) is 10.7. The molecule has 9 nitrogen and oxygen atoms in total. The quantitative estimate of drug-likeness (QED) is 0.388. The minimum absolute atomic E-state index is 0.190. The summed E-state index contributed by atoms with van der Waals surface area (Å²) in [5.41, 5.74) is 5.50. The molecule has 0 atom stereocenters. The number of anilines is 3. The van der Waals surface area contributed by atoms with Crippen molar-refractivity contribution >= 4 is 34.8 Å². The molecule has 214 valence electrons. The van der Waals surface area contributed by atoms with Crippen molar-refractivity contribution in [2.45, 2.75) is 33.1 Å². The average molecular weight is 555 g/mol. The van der Waals surface area contributed by atoms with Gasteiger partial charge in [0.2, 0.25) is 5.91 Å². The van der Waals surface area contributed by atoms with Crippen molar-refractivity contribution in [2.24, 2.45) is 0 Å². The second kappa shape index (κ2) is 12.8. The first kappa shape index (κ1) is 28.1. The lowest BCUT2D eigenvalue weighted by atomic mass is 10.1. The molecule has 0 bridgehead atoms. The molecule has 41 heavy (non-hydrogen) atoms. The van der Waals surface area contributed by atoms with Crippen LogP contribution < -0.4 is 20.4 Å². The van der Waals surface area contributed by atoms with E-state index in [4.69, 9.17) is 0 Å². The molecule has 2 saturated heterocycles. The van der Waals surface area contributed by atoms with Gasteiger partial charge in [-0.3, -0.25) is 14.4 Å². The van der Waals surface area contributed by atoms with E-state index >= 15 is 0 Å². The maximum Gasteiger partial charge on any atom is 0.274 e. The van der Waals surface area contributed by atoms with Gasteiger partial charge in [0.1, 0.15) is 5.69 Å². The van der Waals surface area contributed by atoms with Gasteiger partial charge in [0.15, 0.2) is 0 Å². The van der Waals surface area contributed by atoms with Crippen molar-refractivity contribution < 1.29 is 14.4 Å². The standard InChI is InChI=1S/C32H38N6O3/c1-23-8-3-4-11-28(23)36-18-20-37(21-19-36)29-14-13-25(31(40)33-15-7-17-38-16-6-12-30(38)39)22-27(29)35-32(41)26-10-5-9-24(2)34-26/h3-5,8-11,13-14,22H,6-7,12,15-21H2,1-2H3,(H,33,40)(H,35,41). The molecule has 3 aromatic rings. The number of piperazine rings is 1.